The summed E-state index contributed by atoms with van der Waals surface area (Å²) in [5.41, 5.74) is 0. The zero-order valence-electron chi connectivity index (χ0n) is 14.1. The van der Waals surface area contributed by atoms with Gasteiger partial charge in [0.05, 0.1) is 0 Å². The molecule has 0 aromatic carbocycles. The van der Waals surface area contributed by atoms with Crippen molar-refractivity contribution in [3.63, 3.8) is 0 Å². The van der Waals surface area contributed by atoms with Crippen molar-refractivity contribution < 1.29 is 61.3 Å². The van der Waals surface area contributed by atoms with Crippen LogP contribution in [0.15, 0.2) is 24.3 Å². The Morgan fingerprint density at radius 2 is 1.33 bits per heavy atom. The molecule has 116 valence electrons. The van der Waals surface area contributed by atoms with Gasteiger partial charge in [-0.3, -0.25) is 0 Å². The van der Waals surface area contributed by atoms with E-state index in [1.54, 1.807) is 0 Å². The minimum absolute atomic E-state index is 0. The van der Waals surface area contributed by atoms with Crippen molar-refractivity contribution in [2.24, 2.45) is 0 Å². The van der Waals surface area contributed by atoms with Crippen LogP contribution in [0.2, 0.25) is 0 Å². The summed E-state index contributed by atoms with van der Waals surface area (Å²) < 4.78 is 0. The van der Waals surface area contributed by atoms with Crippen LogP contribution in [0.4, 0.5) is 0 Å². The topological polar surface area (TPSA) is 40.1 Å². The van der Waals surface area contributed by atoms with E-state index in [9.17, 15) is 9.90 Å². The van der Waals surface area contributed by atoms with Crippen LogP contribution in [0.1, 0.15) is 84.0 Å². The largest absolute Gasteiger partial charge is 1.00 e. The number of rotatable bonds is 14. The van der Waals surface area contributed by atoms with Gasteiger partial charge in [0.1, 0.15) is 0 Å². The molecule has 0 atom stereocenters. The van der Waals surface area contributed by atoms with Crippen LogP contribution in [-0.4, -0.2) is 5.97 Å². The summed E-state index contributed by atoms with van der Waals surface area (Å²) >= 11 is 0. The quantitative estimate of drug-likeness (QED) is 0.277. The Bertz CT molecular complexity index is 272. The number of hydrogen-bond donors (Lipinski definition) is 0. The number of aliphatic carboxylic acids is 1. The van der Waals surface area contributed by atoms with Gasteiger partial charge < -0.3 is 9.90 Å². The summed E-state index contributed by atoms with van der Waals surface area (Å²) in [6, 6.07) is 0. The molecule has 0 unspecified atom stereocenters. The van der Waals surface area contributed by atoms with Crippen molar-refractivity contribution in [1.82, 2.24) is 0 Å². The summed E-state index contributed by atoms with van der Waals surface area (Å²) in [4.78, 5) is 10.2. The molecule has 0 heterocycles. The van der Waals surface area contributed by atoms with Crippen molar-refractivity contribution in [2.75, 3.05) is 0 Å². The molecule has 0 bridgehead atoms. The zero-order chi connectivity index (χ0) is 14.9. The van der Waals surface area contributed by atoms with E-state index in [-0.39, 0.29) is 57.8 Å². The van der Waals surface area contributed by atoms with Gasteiger partial charge in [0.15, 0.2) is 0 Å². The van der Waals surface area contributed by atoms with E-state index in [0.717, 1.165) is 32.1 Å². The maximum absolute atomic E-state index is 10.2. The van der Waals surface area contributed by atoms with Gasteiger partial charge in [-0.1, -0.05) is 63.3 Å². The van der Waals surface area contributed by atoms with Crippen molar-refractivity contribution in [3.05, 3.63) is 24.3 Å². The van der Waals surface area contributed by atoms with Gasteiger partial charge in [0.25, 0.3) is 0 Å². The number of carbonyl (C=O) groups is 1. The second kappa shape index (κ2) is 20.6. The van der Waals surface area contributed by atoms with Crippen molar-refractivity contribution in [3.8, 4) is 0 Å². The molecular formula is C18H31KO2. The molecule has 0 amide bonds. The van der Waals surface area contributed by atoms with Gasteiger partial charge in [0, 0.05) is 5.97 Å². The predicted octanol–water partition coefficient (Wildman–Crippen LogP) is 1.55. The van der Waals surface area contributed by atoms with E-state index >= 15 is 0 Å². The SMILES string of the molecule is CCCCC/C=C/C/C=C/CCCCCCCC(=O)[O-].[K+]. The van der Waals surface area contributed by atoms with E-state index in [1.165, 1.54) is 38.5 Å². The van der Waals surface area contributed by atoms with E-state index in [2.05, 4.69) is 31.2 Å². The first kappa shape index (κ1) is 23.8. The standard InChI is InChI=1S/C18H32O2.K/c1-2-3-4-5-6-7-8-9-10-11-12-13-14-15-16-17-18(19)20;/h6-7,9-10H,2-5,8,11-17H2,1H3,(H,19,20);/q;+1/p-1/b7-6+,10-9+;. The predicted molar refractivity (Wildman–Crippen MR) is 84.4 cm³/mol. The Morgan fingerprint density at radius 1 is 0.810 bits per heavy atom. The van der Waals surface area contributed by atoms with Gasteiger partial charge in [-0.05, 0) is 44.9 Å². The molecule has 0 fully saturated rings. The van der Waals surface area contributed by atoms with E-state index in [0.29, 0.717) is 0 Å². The molecule has 3 heteroatoms. The van der Waals surface area contributed by atoms with Gasteiger partial charge >= 0.3 is 51.4 Å². The number of carboxylic acid groups (broad SMARTS) is 1. The molecule has 0 rings (SSSR count). The van der Waals surface area contributed by atoms with Gasteiger partial charge in [-0.15, -0.1) is 0 Å². The van der Waals surface area contributed by atoms with Crippen LogP contribution in [0.25, 0.3) is 0 Å². The van der Waals surface area contributed by atoms with E-state index < -0.39 is 5.97 Å². The van der Waals surface area contributed by atoms with Crippen LogP contribution in [0, 0.1) is 0 Å². The first-order valence-electron chi connectivity index (χ1n) is 8.27. The normalized spacial score (nSPS) is 11.1. The summed E-state index contributed by atoms with van der Waals surface area (Å²) in [7, 11) is 0. The summed E-state index contributed by atoms with van der Waals surface area (Å²) in [5.74, 6) is -0.921. The Hall–Kier alpha value is 0.586. The number of carbonyl (C=O) groups excluding carboxylic acids is 1. The Balaban J connectivity index is 0. The molecule has 0 aliphatic rings. The molecule has 0 saturated carbocycles. The molecule has 0 N–H and O–H groups in total. The molecule has 0 aliphatic heterocycles. The minimum Gasteiger partial charge on any atom is -0.550 e. The third-order valence-corrected chi connectivity index (χ3v) is 3.33. The molecule has 0 spiro atoms. The maximum Gasteiger partial charge on any atom is 1.00 e. The van der Waals surface area contributed by atoms with Crippen molar-refractivity contribution in [1.29, 1.82) is 0 Å². The summed E-state index contributed by atoms with van der Waals surface area (Å²) in [5, 5.41) is 10.2. The number of unbranched alkanes of at least 4 members (excludes halogenated alkanes) is 8. The summed E-state index contributed by atoms with van der Waals surface area (Å²) in [6.45, 7) is 2.23. The van der Waals surface area contributed by atoms with Crippen LogP contribution in [0.5, 0.6) is 0 Å². The van der Waals surface area contributed by atoms with Crippen LogP contribution >= 0.6 is 0 Å². The minimum atomic E-state index is -0.921. The van der Waals surface area contributed by atoms with Crippen LogP contribution in [-0.2, 0) is 4.79 Å². The van der Waals surface area contributed by atoms with E-state index in [1.807, 2.05) is 0 Å². The molecule has 0 aromatic rings. The average Bonchev–Trinajstić information content (AvgIpc) is 2.43. The second-order valence-electron chi connectivity index (χ2n) is 5.35. The van der Waals surface area contributed by atoms with Gasteiger partial charge in [-0.2, -0.15) is 0 Å². The van der Waals surface area contributed by atoms with Gasteiger partial charge in [0.2, 0.25) is 0 Å². The zero-order valence-corrected chi connectivity index (χ0v) is 17.2. The first-order chi connectivity index (χ1) is 9.77. The second-order valence-corrected chi connectivity index (χ2v) is 5.35. The average molecular weight is 319 g/mol. The monoisotopic (exact) mass is 318 g/mol. The van der Waals surface area contributed by atoms with E-state index in [4.69, 9.17) is 0 Å². The van der Waals surface area contributed by atoms with Crippen molar-refractivity contribution >= 4 is 5.97 Å². The fourth-order valence-electron chi connectivity index (χ4n) is 2.08. The van der Waals surface area contributed by atoms with Crippen LogP contribution in [0.3, 0.4) is 0 Å². The Morgan fingerprint density at radius 3 is 1.90 bits per heavy atom. The Labute approximate surface area is 173 Å². The number of allylic oxidation sites excluding steroid dienone is 4. The third kappa shape index (κ3) is 23.0. The van der Waals surface area contributed by atoms with Crippen LogP contribution < -0.4 is 56.5 Å². The smallest absolute Gasteiger partial charge is 0.550 e. The molecule has 21 heavy (non-hydrogen) atoms. The fourth-order valence-corrected chi connectivity index (χ4v) is 2.08. The number of hydrogen-bond acceptors (Lipinski definition) is 2. The molecule has 0 saturated heterocycles. The number of carboxylic acids is 1. The summed E-state index contributed by atoms with van der Waals surface area (Å²) in [6.07, 6.45) is 21.9. The third-order valence-electron chi connectivity index (χ3n) is 3.33. The molecule has 0 aliphatic carbocycles. The fraction of sp³-hybridized carbons (Fsp3) is 0.722. The van der Waals surface area contributed by atoms with Gasteiger partial charge in [-0.25, -0.2) is 0 Å². The maximum atomic E-state index is 10.2. The molecular weight excluding hydrogens is 287 g/mol. The molecule has 2 nitrogen and oxygen atoms in total. The first-order valence-corrected chi connectivity index (χ1v) is 8.27. The Kier molecular flexibility index (Phi) is 23.4. The molecule has 0 radical (unpaired) electrons. The van der Waals surface area contributed by atoms with Crippen molar-refractivity contribution in [2.45, 2.75) is 84.0 Å². The molecule has 0 aromatic heterocycles.